The first-order chi connectivity index (χ1) is 16.5. The van der Waals surface area contributed by atoms with Gasteiger partial charge in [-0.3, -0.25) is 10.1 Å². The quantitative estimate of drug-likeness (QED) is 0.586. The molecule has 2 aromatic rings. The van der Waals surface area contributed by atoms with Gasteiger partial charge in [-0.25, -0.2) is 4.79 Å². The van der Waals surface area contributed by atoms with E-state index in [1.165, 1.54) is 11.1 Å². The first-order valence-electron chi connectivity index (χ1n) is 12.3. The summed E-state index contributed by atoms with van der Waals surface area (Å²) < 4.78 is 10.9. The Kier molecular flexibility index (Phi) is 6.46. The zero-order valence-corrected chi connectivity index (χ0v) is 19.7. The molecule has 7 heteroatoms. The number of nitrogens with one attached hydrogen (secondary N) is 2. The molecule has 2 fully saturated rings. The molecule has 0 radical (unpaired) electrons. The van der Waals surface area contributed by atoms with E-state index in [1.54, 1.807) is 0 Å². The lowest BCUT2D eigenvalue weighted by atomic mass is 9.74. The Morgan fingerprint density at radius 3 is 2.53 bits per heavy atom. The molecular weight excluding hydrogens is 430 g/mol. The SMILES string of the molecule is CC(Cc1ccc2c(c1)OCO2)CN1CCC(C2(CCc3ccccc3)NC(=O)NC2=O)CC1. The van der Waals surface area contributed by atoms with Gasteiger partial charge >= 0.3 is 6.03 Å². The fraction of sp³-hybridized carbons (Fsp3) is 0.481. The van der Waals surface area contributed by atoms with Crippen molar-refractivity contribution in [2.45, 2.75) is 44.6 Å². The number of hydrogen-bond donors (Lipinski definition) is 2. The number of carbonyl (C=O) groups excluding carboxylic acids is 2. The average Bonchev–Trinajstić information content (AvgIpc) is 3.42. The molecule has 0 spiro atoms. The molecule has 180 valence electrons. The third-order valence-electron chi connectivity index (χ3n) is 7.50. The maximum atomic E-state index is 12.9. The van der Waals surface area contributed by atoms with Crippen molar-refractivity contribution in [2.75, 3.05) is 26.4 Å². The lowest BCUT2D eigenvalue weighted by molar-refractivity contribution is -0.127. The van der Waals surface area contributed by atoms with Crippen LogP contribution in [0.5, 0.6) is 11.5 Å². The van der Waals surface area contributed by atoms with Gasteiger partial charge in [0, 0.05) is 6.54 Å². The molecule has 34 heavy (non-hydrogen) atoms. The Bertz CT molecular complexity index is 1040. The van der Waals surface area contributed by atoms with Crippen LogP contribution in [0.25, 0.3) is 0 Å². The largest absolute Gasteiger partial charge is 0.454 e. The molecule has 0 saturated carbocycles. The van der Waals surface area contributed by atoms with Gasteiger partial charge in [0.1, 0.15) is 5.54 Å². The molecular formula is C27H33N3O4. The van der Waals surface area contributed by atoms with Gasteiger partial charge in [0.05, 0.1) is 0 Å². The number of amides is 3. The summed E-state index contributed by atoms with van der Waals surface area (Å²) in [6.07, 6.45) is 4.18. The van der Waals surface area contributed by atoms with Crippen molar-refractivity contribution < 1.29 is 19.1 Å². The van der Waals surface area contributed by atoms with Crippen molar-refractivity contribution in [3.05, 3.63) is 59.7 Å². The molecule has 3 aliphatic heterocycles. The number of benzene rings is 2. The molecule has 2 saturated heterocycles. The number of imide groups is 1. The fourth-order valence-corrected chi connectivity index (χ4v) is 5.74. The van der Waals surface area contributed by atoms with E-state index in [0.29, 0.717) is 19.1 Å². The van der Waals surface area contributed by atoms with E-state index < -0.39 is 5.54 Å². The van der Waals surface area contributed by atoms with Crippen LogP contribution in [0.15, 0.2) is 48.5 Å². The Morgan fingerprint density at radius 1 is 1.03 bits per heavy atom. The predicted molar refractivity (Wildman–Crippen MR) is 129 cm³/mol. The van der Waals surface area contributed by atoms with Gasteiger partial charge in [0.2, 0.25) is 6.79 Å². The van der Waals surface area contributed by atoms with Crippen LogP contribution >= 0.6 is 0 Å². The molecule has 2 aromatic carbocycles. The first kappa shape index (κ1) is 22.7. The van der Waals surface area contributed by atoms with Crippen LogP contribution in [0.1, 0.15) is 37.3 Å². The molecule has 2 atom stereocenters. The third kappa shape index (κ3) is 4.75. The minimum absolute atomic E-state index is 0.142. The summed E-state index contributed by atoms with van der Waals surface area (Å²) in [6, 6.07) is 16.0. The summed E-state index contributed by atoms with van der Waals surface area (Å²) >= 11 is 0. The number of ether oxygens (including phenoxy) is 2. The van der Waals surface area contributed by atoms with Crippen LogP contribution in [-0.2, 0) is 17.6 Å². The van der Waals surface area contributed by atoms with Gasteiger partial charge in [-0.05, 0) is 80.3 Å². The van der Waals surface area contributed by atoms with Crippen molar-refractivity contribution in [3.8, 4) is 11.5 Å². The van der Waals surface area contributed by atoms with Crippen LogP contribution in [-0.4, -0.2) is 48.8 Å². The molecule has 2 N–H and O–H groups in total. The number of hydrogen-bond acceptors (Lipinski definition) is 5. The summed E-state index contributed by atoms with van der Waals surface area (Å²) in [5.74, 6) is 2.13. The van der Waals surface area contributed by atoms with Crippen molar-refractivity contribution in [1.29, 1.82) is 0 Å². The van der Waals surface area contributed by atoms with E-state index in [0.717, 1.165) is 56.8 Å². The second-order valence-electron chi connectivity index (χ2n) is 9.94. The Hall–Kier alpha value is -3.06. The van der Waals surface area contributed by atoms with Gasteiger partial charge in [0.15, 0.2) is 11.5 Å². The highest BCUT2D eigenvalue weighted by atomic mass is 16.7. The second kappa shape index (κ2) is 9.66. The smallest absolute Gasteiger partial charge is 0.322 e. The zero-order valence-electron chi connectivity index (χ0n) is 19.7. The maximum absolute atomic E-state index is 12.9. The molecule has 3 aliphatic rings. The van der Waals surface area contributed by atoms with Gasteiger partial charge in [0.25, 0.3) is 5.91 Å². The molecule has 0 bridgehead atoms. The highest BCUT2D eigenvalue weighted by Gasteiger charge is 2.51. The summed E-state index contributed by atoms with van der Waals surface area (Å²) in [6.45, 7) is 5.47. The number of urea groups is 1. The topological polar surface area (TPSA) is 79.9 Å². The van der Waals surface area contributed by atoms with Gasteiger partial charge in [-0.1, -0.05) is 43.3 Å². The van der Waals surface area contributed by atoms with Gasteiger partial charge in [-0.15, -0.1) is 0 Å². The van der Waals surface area contributed by atoms with E-state index in [4.69, 9.17) is 9.47 Å². The summed E-state index contributed by atoms with van der Waals surface area (Å²) in [5.41, 5.74) is 1.64. The van der Waals surface area contributed by atoms with Crippen LogP contribution < -0.4 is 20.1 Å². The van der Waals surface area contributed by atoms with Crippen molar-refractivity contribution >= 4 is 11.9 Å². The molecule has 7 nitrogen and oxygen atoms in total. The van der Waals surface area contributed by atoms with Crippen LogP contribution in [0, 0.1) is 11.8 Å². The monoisotopic (exact) mass is 463 g/mol. The minimum Gasteiger partial charge on any atom is -0.454 e. The van der Waals surface area contributed by atoms with E-state index in [9.17, 15) is 9.59 Å². The summed E-state index contributed by atoms with van der Waals surface area (Å²) in [4.78, 5) is 27.5. The van der Waals surface area contributed by atoms with Gasteiger partial charge < -0.3 is 19.7 Å². The number of fused-ring (bicyclic) bond motifs is 1. The number of carbonyl (C=O) groups is 2. The molecule has 5 rings (SSSR count). The van der Waals surface area contributed by atoms with E-state index in [2.05, 4.69) is 46.7 Å². The fourth-order valence-electron chi connectivity index (χ4n) is 5.74. The molecule has 3 amide bonds. The second-order valence-corrected chi connectivity index (χ2v) is 9.94. The standard InChI is InChI=1S/C27H33N3O4/c1-19(15-21-7-8-23-24(16-21)34-18-33-23)17-30-13-10-22(11-14-30)27(25(31)28-26(32)29-27)12-9-20-5-3-2-4-6-20/h2-8,16,19,22H,9-15,17-18H2,1H3,(H2,28,29,31,32). The Morgan fingerprint density at radius 2 is 1.79 bits per heavy atom. The highest BCUT2D eigenvalue weighted by Crippen LogP contribution is 2.36. The first-order valence-corrected chi connectivity index (χ1v) is 12.3. The van der Waals surface area contributed by atoms with Crippen LogP contribution in [0.4, 0.5) is 4.79 Å². The number of aryl methyl sites for hydroxylation is 1. The Balaban J connectivity index is 1.17. The molecule has 0 aliphatic carbocycles. The lowest BCUT2D eigenvalue weighted by Crippen LogP contribution is -2.56. The maximum Gasteiger partial charge on any atom is 0.322 e. The van der Waals surface area contributed by atoms with E-state index >= 15 is 0 Å². The van der Waals surface area contributed by atoms with Gasteiger partial charge in [-0.2, -0.15) is 0 Å². The van der Waals surface area contributed by atoms with Crippen molar-refractivity contribution in [2.24, 2.45) is 11.8 Å². The zero-order chi connectivity index (χ0) is 23.5. The minimum atomic E-state index is -0.808. The number of likely N-dealkylation sites (tertiary alicyclic amines) is 1. The van der Waals surface area contributed by atoms with Crippen molar-refractivity contribution in [3.63, 3.8) is 0 Å². The van der Waals surface area contributed by atoms with E-state index in [-0.39, 0.29) is 17.9 Å². The average molecular weight is 464 g/mol. The summed E-state index contributed by atoms with van der Waals surface area (Å²) in [7, 11) is 0. The lowest BCUT2D eigenvalue weighted by Gasteiger charge is -2.41. The molecule has 3 heterocycles. The number of nitrogens with zero attached hydrogens (tertiary/aromatic N) is 1. The number of rotatable bonds is 8. The van der Waals surface area contributed by atoms with Crippen LogP contribution in [0.2, 0.25) is 0 Å². The molecule has 0 aromatic heterocycles. The van der Waals surface area contributed by atoms with E-state index in [1.807, 2.05) is 24.3 Å². The third-order valence-corrected chi connectivity index (χ3v) is 7.50. The predicted octanol–water partition coefficient (Wildman–Crippen LogP) is 3.52. The summed E-state index contributed by atoms with van der Waals surface area (Å²) in [5, 5.41) is 5.53. The number of piperidine rings is 1. The highest BCUT2D eigenvalue weighted by molar-refractivity contribution is 6.07. The Labute approximate surface area is 200 Å². The normalized spacial score (nSPS) is 23.6. The molecule has 2 unspecified atom stereocenters. The van der Waals surface area contributed by atoms with Crippen molar-refractivity contribution in [1.82, 2.24) is 15.5 Å². The van der Waals surface area contributed by atoms with Crippen LogP contribution in [0.3, 0.4) is 0 Å².